The molecule has 0 aliphatic carbocycles. The van der Waals surface area contributed by atoms with Crippen LogP contribution in [0.3, 0.4) is 0 Å². The second-order valence-corrected chi connectivity index (χ2v) is 9.87. The first-order valence-electron chi connectivity index (χ1n) is 13.2. The molecule has 6 aromatic rings. The first-order chi connectivity index (χ1) is 18.7. The average Bonchev–Trinajstić information content (AvgIpc) is 3.61. The van der Waals surface area contributed by atoms with Gasteiger partial charge in [0.25, 0.3) is 0 Å². The summed E-state index contributed by atoms with van der Waals surface area (Å²) < 4.78 is 18.2. The van der Waals surface area contributed by atoms with Crippen LogP contribution < -0.4 is 10.4 Å². The van der Waals surface area contributed by atoms with Gasteiger partial charge in [0, 0.05) is 34.5 Å². The molecule has 38 heavy (non-hydrogen) atoms. The topological polar surface area (TPSA) is 55.8 Å². The number of nitrogens with zero attached hydrogens (tertiary/aromatic N) is 1. The Morgan fingerprint density at radius 3 is 2.18 bits per heavy atom. The molecule has 0 spiro atoms. The summed E-state index contributed by atoms with van der Waals surface area (Å²) in [6.45, 7) is 3.99. The molecular formula is C33H27NO4. The van der Waals surface area contributed by atoms with Gasteiger partial charge in [-0.05, 0) is 61.1 Å². The van der Waals surface area contributed by atoms with Crippen LogP contribution in [-0.2, 0) is 0 Å². The number of likely N-dealkylation sites (tertiary alicyclic amines) is 1. The van der Waals surface area contributed by atoms with Gasteiger partial charge >= 0.3 is 5.63 Å². The number of furan rings is 1. The van der Waals surface area contributed by atoms with Crippen LogP contribution in [0.5, 0.6) is 5.75 Å². The smallest absolute Gasteiger partial charge is 0.344 e. The maximum Gasteiger partial charge on any atom is 0.344 e. The molecule has 5 nitrogen and oxygen atoms in total. The molecule has 2 aromatic heterocycles. The summed E-state index contributed by atoms with van der Waals surface area (Å²) in [5.41, 5.74) is 3.88. The van der Waals surface area contributed by atoms with Crippen molar-refractivity contribution in [3.8, 4) is 28.2 Å². The predicted molar refractivity (Wildman–Crippen MR) is 152 cm³/mol. The Morgan fingerprint density at radius 2 is 1.39 bits per heavy atom. The van der Waals surface area contributed by atoms with Gasteiger partial charge in [0.1, 0.15) is 29.3 Å². The van der Waals surface area contributed by atoms with Crippen molar-refractivity contribution in [1.29, 1.82) is 0 Å². The van der Waals surface area contributed by atoms with E-state index >= 15 is 0 Å². The monoisotopic (exact) mass is 501 g/mol. The highest BCUT2D eigenvalue weighted by Crippen LogP contribution is 2.43. The second-order valence-electron chi connectivity index (χ2n) is 9.87. The van der Waals surface area contributed by atoms with Gasteiger partial charge in [-0.2, -0.15) is 0 Å². The van der Waals surface area contributed by atoms with E-state index in [-0.39, 0.29) is 5.63 Å². The molecule has 0 unspecified atom stereocenters. The first-order valence-corrected chi connectivity index (χ1v) is 13.2. The lowest BCUT2D eigenvalue weighted by Crippen LogP contribution is -2.25. The maximum atomic E-state index is 12.6. The number of rotatable bonds is 6. The number of hydrogen-bond donors (Lipinski definition) is 0. The lowest BCUT2D eigenvalue weighted by atomic mass is 9.97. The Kier molecular flexibility index (Phi) is 5.71. The summed E-state index contributed by atoms with van der Waals surface area (Å²) in [5.74, 6) is 1.64. The summed E-state index contributed by atoms with van der Waals surface area (Å²) in [6.07, 6.45) is 2.57. The number of benzene rings is 4. The van der Waals surface area contributed by atoms with Crippen molar-refractivity contribution < 1.29 is 13.6 Å². The fourth-order valence-corrected chi connectivity index (χ4v) is 5.57. The molecule has 1 aliphatic rings. The SMILES string of the molecule is O=c1oc2cc3oc(-c4ccccc4)c(-c4ccc(OCCN5CCCC5)cc4)c3cc2c2ccccc12. The largest absolute Gasteiger partial charge is 0.492 e. The summed E-state index contributed by atoms with van der Waals surface area (Å²) in [6, 6.07) is 29.8. The molecule has 0 N–H and O–H groups in total. The fraction of sp³-hybridized carbons (Fsp3) is 0.182. The standard InChI is InChI=1S/C33H27NO4/c35-33-26-11-5-4-10-25(26)27-20-28-30(21-29(27)38-33)37-32(23-8-2-1-3-9-23)31(28)22-12-14-24(15-13-22)36-19-18-34-16-6-7-17-34/h1-5,8-15,20-21H,6-7,16-19H2. The number of ether oxygens (including phenoxy) is 1. The quantitative estimate of drug-likeness (QED) is 0.175. The Balaban J connectivity index is 1.35. The highest BCUT2D eigenvalue weighted by Gasteiger charge is 2.20. The van der Waals surface area contributed by atoms with Gasteiger partial charge in [0.2, 0.25) is 0 Å². The van der Waals surface area contributed by atoms with Crippen molar-refractivity contribution in [2.45, 2.75) is 12.8 Å². The minimum absolute atomic E-state index is 0.345. The lowest BCUT2D eigenvalue weighted by molar-refractivity contribution is 0.238. The van der Waals surface area contributed by atoms with Crippen LogP contribution in [0.4, 0.5) is 0 Å². The fourth-order valence-electron chi connectivity index (χ4n) is 5.57. The number of fused-ring (bicyclic) bond motifs is 4. The van der Waals surface area contributed by atoms with Gasteiger partial charge in [0.05, 0.1) is 5.39 Å². The van der Waals surface area contributed by atoms with Crippen LogP contribution in [0.2, 0.25) is 0 Å². The lowest BCUT2D eigenvalue weighted by Gasteiger charge is -2.15. The average molecular weight is 502 g/mol. The second kappa shape index (κ2) is 9.51. The van der Waals surface area contributed by atoms with E-state index in [4.69, 9.17) is 13.6 Å². The van der Waals surface area contributed by atoms with Crippen molar-refractivity contribution >= 4 is 32.7 Å². The Morgan fingerprint density at radius 1 is 0.684 bits per heavy atom. The van der Waals surface area contributed by atoms with Crippen molar-refractivity contribution in [1.82, 2.24) is 4.90 Å². The number of hydrogen-bond acceptors (Lipinski definition) is 5. The van der Waals surface area contributed by atoms with Gasteiger partial charge in [0.15, 0.2) is 0 Å². The molecule has 188 valence electrons. The summed E-state index contributed by atoms with van der Waals surface area (Å²) in [5, 5.41) is 3.30. The van der Waals surface area contributed by atoms with Crippen LogP contribution in [0.15, 0.2) is 105 Å². The van der Waals surface area contributed by atoms with E-state index in [2.05, 4.69) is 23.1 Å². The van der Waals surface area contributed by atoms with E-state index < -0.39 is 0 Å². The molecule has 3 heterocycles. The minimum atomic E-state index is -0.345. The first kappa shape index (κ1) is 22.8. The maximum absolute atomic E-state index is 12.6. The molecule has 0 amide bonds. The molecule has 1 fully saturated rings. The zero-order valence-corrected chi connectivity index (χ0v) is 21.0. The third-order valence-electron chi connectivity index (χ3n) is 7.48. The zero-order chi connectivity index (χ0) is 25.5. The predicted octanol–water partition coefficient (Wildman–Crippen LogP) is 7.50. The van der Waals surface area contributed by atoms with Crippen LogP contribution in [0, 0.1) is 0 Å². The summed E-state index contributed by atoms with van der Waals surface area (Å²) in [4.78, 5) is 15.1. The molecular weight excluding hydrogens is 474 g/mol. The van der Waals surface area contributed by atoms with Crippen LogP contribution >= 0.6 is 0 Å². The Bertz CT molecular complexity index is 1810. The minimum Gasteiger partial charge on any atom is -0.492 e. The van der Waals surface area contributed by atoms with E-state index in [1.54, 1.807) is 6.07 Å². The van der Waals surface area contributed by atoms with Crippen LogP contribution in [-0.4, -0.2) is 31.1 Å². The van der Waals surface area contributed by atoms with Crippen molar-refractivity contribution in [3.05, 3.63) is 101 Å². The van der Waals surface area contributed by atoms with Gasteiger partial charge < -0.3 is 13.6 Å². The third kappa shape index (κ3) is 4.05. The van der Waals surface area contributed by atoms with E-state index in [1.807, 2.05) is 66.7 Å². The highest BCUT2D eigenvalue weighted by molar-refractivity contribution is 6.12. The molecule has 4 aromatic carbocycles. The zero-order valence-electron chi connectivity index (χ0n) is 21.0. The van der Waals surface area contributed by atoms with E-state index in [0.29, 0.717) is 23.2 Å². The molecule has 1 saturated heterocycles. The van der Waals surface area contributed by atoms with Gasteiger partial charge in [-0.3, -0.25) is 4.90 Å². The van der Waals surface area contributed by atoms with E-state index in [0.717, 1.165) is 50.9 Å². The third-order valence-corrected chi connectivity index (χ3v) is 7.48. The molecule has 0 saturated carbocycles. The summed E-state index contributed by atoms with van der Waals surface area (Å²) in [7, 11) is 0. The molecule has 5 heteroatoms. The molecule has 0 bridgehead atoms. The Hall–Kier alpha value is -4.35. The van der Waals surface area contributed by atoms with Gasteiger partial charge in [-0.15, -0.1) is 0 Å². The molecule has 0 radical (unpaired) electrons. The summed E-state index contributed by atoms with van der Waals surface area (Å²) >= 11 is 0. The van der Waals surface area contributed by atoms with Crippen molar-refractivity contribution in [2.75, 3.05) is 26.2 Å². The van der Waals surface area contributed by atoms with E-state index in [1.165, 1.54) is 25.9 Å². The van der Waals surface area contributed by atoms with Crippen molar-refractivity contribution in [2.24, 2.45) is 0 Å². The van der Waals surface area contributed by atoms with Gasteiger partial charge in [-0.25, -0.2) is 4.79 Å². The van der Waals surface area contributed by atoms with Gasteiger partial charge in [-0.1, -0.05) is 60.7 Å². The highest BCUT2D eigenvalue weighted by atomic mass is 16.5. The molecule has 7 rings (SSSR count). The molecule has 1 aliphatic heterocycles. The van der Waals surface area contributed by atoms with Crippen LogP contribution in [0.25, 0.3) is 55.2 Å². The van der Waals surface area contributed by atoms with E-state index in [9.17, 15) is 4.79 Å². The normalized spacial score (nSPS) is 14.1. The van der Waals surface area contributed by atoms with Crippen LogP contribution in [0.1, 0.15) is 12.8 Å². The molecule has 0 atom stereocenters. The van der Waals surface area contributed by atoms with Crippen molar-refractivity contribution in [3.63, 3.8) is 0 Å². The Labute approximate surface area is 219 Å².